The molecule has 1 N–H and O–H groups in total. The van der Waals surface area contributed by atoms with Crippen LogP contribution < -0.4 is 9.62 Å². The number of aryl methyl sites for hydroxylation is 1. The predicted molar refractivity (Wildman–Crippen MR) is 159 cm³/mol. The van der Waals surface area contributed by atoms with Crippen LogP contribution in [0.1, 0.15) is 69.9 Å². The first-order valence-electron chi connectivity index (χ1n) is 13.6. The molecule has 0 saturated heterocycles. The number of hydrogen-bond donors (Lipinski definition) is 1. The molecule has 1 aliphatic carbocycles. The summed E-state index contributed by atoms with van der Waals surface area (Å²) >= 11 is 12.5. The van der Waals surface area contributed by atoms with Crippen molar-refractivity contribution in [2.45, 2.75) is 83.8 Å². The normalized spacial score (nSPS) is 15.0. The number of carbonyl (C=O) groups is 2. The van der Waals surface area contributed by atoms with Gasteiger partial charge in [-0.15, -0.1) is 0 Å². The molecule has 1 aliphatic rings. The van der Waals surface area contributed by atoms with Crippen LogP contribution in [0.2, 0.25) is 10.0 Å². The van der Waals surface area contributed by atoms with Gasteiger partial charge in [0.05, 0.1) is 11.9 Å². The molecule has 2 amide bonds. The largest absolute Gasteiger partial charge is 0.352 e. The molecule has 3 rings (SSSR count). The summed E-state index contributed by atoms with van der Waals surface area (Å²) in [4.78, 5) is 28.2. The molecular weight excluding hydrogens is 557 g/mol. The lowest BCUT2D eigenvalue weighted by Crippen LogP contribution is -2.50. The van der Waals surface area contributed by atoms with E-state index in [1.165, 1.54) is 15.6 Å². The van der Waals surface area contributed by atoms with Crippen LogP contribution in [0.15, 0.2) is 42.5 Å². The quantitative estimate of drug-likeness (QED) is 0.327. The summed E-state index contributed by atoms with van der Waals surface area (Å²) in [5.74, 6) is -0.448. The second-order valence-corrected chi connectivity index (χ2v) is 13.0. The fourth-order valence-corrected chi connectivity index (χ4v) is 6.32. The highest BCUT2D eigenvalue weighted by atomic mass is 35.5. The van der Waals surface area contributed by atoms with Crippen LogP contribution in [-0.2, 0) is 32.6 Å². The summed E-state index contributed by atoms with van der Waals surface area (Å²) in [6, 6.07) is 11.8. The monoisotopic (exact) mass is 595 g/mol. The van der Waals surface area contributed by atoms with Gasteiger partial charge in [0, 0.05) is 35.6 Å². The molecule has 2 aromatic rings. The first-order chi connectivity index (χ1) is 18.5. The highest BCUT2D eigenvalue weighted by Gasteiger charge is 2.29. The lowest BCUT2D eigenvalue weighted by atomic mass is 9.95. The van der Waals surface area contributed by atoms with Crippen LogP contribution in [0.4, 0.5) is 5.69 Å². The highest BCUT2D eigenvalue weighted by molar-refractivity contribution is 7.92. The number of nitrogens with one attached hydrogen (secondary N) is 1. The molecule has 7 nitrogen and oxygen atoms in total. The standard InChI is InChI=1S/C29H39Cl2N3O4S/c1-4-22-12-16-26(17-13-22)34(39(3,37)38)18-8-11-28(35)33(20-23-14-15-24(30)19-27(23)31)21(2)29(36)32-25-9-6-5-7-10-25/h12-17,19,21,25H,4-11,18,20H2,1-3H3,(H,32,36)/t21-/m1/s1. The van der Waals surface area contributed by atoms with Gasteiger partial charge in [-0.05, 0) is 68.0 Å². The minimum absolute atomic E-state index is 0.0747. The van der Waals surface area contributed by atoms with Crippen molar-refractivity contribution in [3.63, 3.8) is 0 Å². The zero-order valence-corrected chi connectivity index (χ0v) is 25.3. The number of nitrogens with zero attached hydrogens (tertiary/aromatic N) is 2. The van der Waals surface area contributed by atoms with Gasteiger partial charge < -0.3 is 10.2 Å². The molecule has 214 valence electrons. The topological polar surface area (TPSA) is 86.8 Å². The number of anilines is 1. The van der Waals surface area contributed by atoms with E-state index in [4.69, 9.17) is 23.2 Å². The molecule has 0 bridgehead atoms. The zero-order chi connectivity index (χ0) is 28.6. The molecule has 0 aliphatic heterocycles. The van der Waals surface area contributed by atoms with Crippen molar-refractivity contribution < 1.29 is 18.0 Å². The van der Waals surface area contributed by atoms with Crippen LogP contribution >= 0.6 is 23.2 Å². The zero-order valence-electron chi connectivity index (χ0n) is 23.0. The highest BCUT2D eigenvalue weighted by Crippen LogP contribution is 2.25. The summed E-state index contributed by atoms with van der Waals surface area (Å²) in [6.07, 6.45) is 7.61. The Bertz CT molecular complexity index is 1230. The predicted octanol–water partition coefficient (Wildman–Crippen LogP) is 5.97. The second kappa shape index (κ2) is 14.4. The Kier molecular flexibility index (Phi) is 11.5. The number of rotatable bonds is 12. The molecule has 1 atom stereocenters. The molecule has 0 unspecified atom stereocenters. The molecule has 0 aromatic heterocycles. The number of sulfonamides is 1. The van der Waals surface area contributed by atoms with E-state index in [1.54, 1.807) is 37.3 Å². The molecule has 2 aromatic carbocycles. The van der Waals surface area contributed by atoms with Crippen LogP contribution in [0.25, 0.3) is 0 Å². The van der Waals surface area contributed by atoms with E-state index in [9.17, 15) is 18.0 Å². The van der Waals surface area contributed by atoms with E-state index in [1.807, 2.05) is 19.1 Å². The average molecular weight is 597 g/mol. The van der Waals surface area contributed by atoms with E-state index >= 15 is 0 Å². The maximum absolute atomic E-state index is 13.5. The van der Waals surface area contributed by atoms with Crippen molar-refractivity contribution >= 4 is 50.7 Å². The molecule has 0 spiro atoms. The number of carbonyl (C=O) groups excluding carboxylic acids is 2. The maximum Gasteiger partial charge on any atom is 0.242 e. The van der Waals surface area contributed by atoms with E-state index in [0.717, 1.165) is 43.9 Å². The van der Waals surface area contributed by atoms with E-state index in [2.05, 4.69) is 5.32 Å². The SMILES string of the molecule is CCc1ccc(N(CCCC(=O)N(Cc2ccc(Cl)cc2Cl)[C@H](C)C(=O)NC2CCCCC2)S(C)(=O)=O)cc1. The molecular formula is C29H39Cl2N3O4S. The molecule has 0 heterocycles. The summed E-state index contributed by atoms with van der Waals surface area (Å²) in [6.45, 7) is 4.04. The van der Waals surface area contributed by atoms with Gasteiger partial charge in [0.2, 0.25) is 21.8 Å². The van der Waals surface area contributed by atoms with Crippen LogP contribution in [-0.4, -0.2) is 50.0 Å². The molecule has 39 heavy (non-hydrogen) atoms. The smallest absolute Gasteiger partial charge is 0.242 e. The Morgan fingerprint density at radius 2 is 1.72 bits per heavy atom. The first kappa shape index (κ1) is 31.2. The Balaban J connectivity index is 1.74. The Labute approximate surface area is 242 Å². The second-order valence-electron chi connectivity index (χ2n) is 10.2. The Morgan fingerprint density at radius 1 is 1.05 bits per heavy atom. The number of hydrogen-bond acceptors (Lipinski definition) is 4. The Hall–Kier alpha value is -2.29. The van der Waals surface area contributed by atoms with Gasteiger partial charge in [-0.2, -0.15) is 0 Å². The van der Waals surface area contributed by atoms with Gasteiger partial charge in [0.25, 0.3) is 0 Å². The average Bonchev–Trinajstić information content (AvgIpc) is 2.90. The van der Waals surface area contributed by atoms with Gasteiger partial charge in [0.1, 0.15) is 6.04 Å². The van der Waals surface area contributed by atoms with Gasteiger partial charge in [0.15, 0.2) is 0 Å². The summed E-state index contributed by atoms with van der Waals surface area (Å²) in [5, 5.41) is 4.01. The molecule has 1 fully saturated rings. The van der Waals surface area contributed by atoms with Crippen LogP contribution in [0.5, 0.6) is 0 Å². The third-order valence-electron chi connectivity index (χ3n) is 7.26. The fourth-order valence-electron chi connectivity index (χ4n) is 4.89. The Morgan fingerprint density at radius 3 is 2.31 bits per heavy atom. The maximum atomic E-state index is 13.5. The van der Waals surface area contributed by atoms with Crippen molar-refractivity contribution in [1.29, 1.82) is 0 Å². The number of benzene rings is 2. The lowest BCUT2D eigenvalue weighted by Gasteiger charge is -2.32. The van der Waals surface area contributed by atoms with Gasteiger partial charge in [-0.25, -0.2) is 8.42 Å². The summed E-state index contributed by atoms with van der Waals surface area (Å²) in [7, 11) is -3.55. The van der Waals surface area contributed by atoms with Crippen molar-refractivity contribution in [2.24, 2.45) is 0 Å². The lowest BCUT2D eigenvalue weighted by molar-refractivity contribution is -0.141. The van der Waals surface area contributed by atoms with Crippen LogP contribution in [0, 0.1) is 0 Å². The molecule has 0 radical (unpaired) electrons. The third-order valence-corrected chi connectivity index (χ3v) is 9.04. The molecule has 10 heteroatoms. The van der Waals surface area contributed by atoms with Crippen molar-refractivity contribution in [1.82, 2.24) is 10.2 Å². The van der Waals surface area contributed by atoms with Gasteiger partial charge in [-0.1, -0.05) is 67.6 Å². The fraction of sp³-hybridized carbons (Fsp3) is 0.517. The summed E-state index contributed by atoms with van der Waals surface area (Å²) < 4.78 is 26.4. The third kappa shape index (κ3) is 9.12. The minimum atomic E-state index is -3.55. The van der Waals surface area contributed by atoms with E-state index in [0.29, 0.717) is 27.7 Å². The van der Waals surface area contributed by atoms with Gasteiger partial charge in [-0.3, -0.25) is 13.9 Å². The number of halogens is 2. The summed E-state index contributed by atoms with van der Waals surface area (Å²) in [5.41, 5.74) is 2.35. The minimum Gasteiger partial charge on any atom is -0.352 e. The van der Waals surface area contributed by atoms with Crippen molar-refractivity contribution in [2.75, 3.05) is 17.1 Å². The number of amides is 2. The van der Waals surface area contributed by atoms with E-state index in [-0.39, 0.29) is 37.4 Å². The van der Waals surface area contributed by atoms with Crippen molar-refractivity contribution in [3.05, 3.63) is 63.6 Å². The van der Waals surface area contributed by atoms with Crippen LogP contribution in [0.3, 0.4) is 0 Å². The van der Waals surface area contributed by atoms with E-state index < -0.39 is 16.1 Å². The first-order valence-corrected chi connectivity index (χ1v) is 16.2. The van der Waals surface area contributed by atoms with Crippen molar-refractivity contribution in [3.8, 4) is 0 Å². The van der Waals surface area contributed by atoms with Gasteiger partial charge >= 0.3 is 0 Å². The molecule has 1 saturated carbocycles.